The first kappa shape index (κ1) is 67.9. The first-order valence-electron chi connectivity index (χ1n) is 31.2. The number of nitrogens with one attached hydrogen (secondary N) is 5. The minimum Gasteiger partial charge on any atom is -0.504 e. The quantitative estimate of drug-likeness (QED) is 0.0521. The fourth-order valence-corrected chi connectivity index (χ4v) is 13.5. The zero-order valence-corrected chi connectivity index (χ0v) is 51.8. The number of carbonyl (C=O) groups is 7. The van der Waals surface area contributed by atoms with E-state index in [1.165, 1.54) is 80.8 Å². The number of ether oxygens (including phenoxy) is 1. The van der Waals surface area contributed by atoms with Gasteiger partial charge in [0.25, 0.3) is 5.91 Å². The molecule has 1 saturated carbocycles. The first-order chi connectivity index (χ1) is 43.6. The predicted octanol–water partition coefficient (Wildman–Crippen LogP) is -2.48. The van der Waals surface area contributed by atoms with Gasteiger partial charge in [0.15, 0.2) is 11.5 Å². The van der Waals surface area contributed by atoms with Crippen molar-refractivity contribution in [2.24, 2.45) is 23.3 Å². The number of nitrogens with two attached hydrogens (primary N) is 2. The van der Waals surface area contributed by atoms with Crippen molar-refractivity contribution in [3.63, 3.8) is 0 Å². The Morgan fingerprint density at radius 1 is 0.736 bits per heavy atom. The third-order valence-corrected chi connectivity index (χ3v) is 18.7. The maximum Gasteiger partial charge on any atom is 0.251 e. The number of aliphatic hydroxyl groups excluding tert-OH is 6. The van der Waals surface area contributed by atoms with E-state index < -0.39 is 152 Å². The molecule has 0 spiro atoms. The molecule has 16 N–H and O–H groups in total. The van der Waals surface area contributed by atoms with Crippen LogP contribution in [0.1, 0.15) is 74.7 Å². The molecule has 4 aliphatic heterocycles. The van der Waals surface area contributed by atoms with E-state index in [4.69, 9.17) is 16.2 Å². The van der Waals surface area contributed by atoms with Crippen molar-refractivity contribution in [2.45, 2.75) is 138 Å². The highest BCUT2D eigenvalue weighted by atomic mass is 32.1. The number of carbonyl (C=O) groups excluding carboxylic acids is 7. The summed E-state index contributed by atoms with van der Waals surface area (Å²) in [7, 11) is 0. The van der Waals surface area contributed by atoms with Gasteiger partial charge in [0.1, 0.15) is 52.9 Å². The van der Waals surface area contributed by atoms with Crippen LogP contribution in [0.3, 0.4) is 0 Å². The number of benzene rings is 3. The molecule has 1 aromatic heterocycles. The summed E-state index contributed by atoms with van der Waals surface area (Å²) in [5.41, 5.74) is 14.4. The Hall–Kier alpha value is -7.45. The lowest BCUT2D eigenvalue weighted by Crippen LogP contribution is -2.64. The highest BCUT2D eigenvalue weighted by Gasteiger charge is 2.50. The van der Waals surface area contributed by atoms with Gasteiger partial charge in [-0.15, -0.1) is 10.2 Å². The van der Waals surface area contributed by atoms with Crippen LogP contribution < -0.4 is 47.7 Å². The van der Waals surface area contributed by atoms with Crippen LogP contribution >= 0.6 is 11.3 Å². The summed E-state index contributed by atoms with van der Waals surface area (Å²) in [6.07, 6.45) is -6.47. The second kappa shape index (κ2) is 30.8. The van der Waals surface area contributed by atoms with Crippen LogP contribution in [0.4, 0.5) is 5.69 Å². The molecule has 9 rings (SSSR count). The number of aromatic hydroxyl groups is 1. The molecular formula is C62H85N13O15S. The van der Waals surface area contributed by atoms with Gasteiger partial charge >= 0.3 is 0 Å². The van der Waals surface area contributed by atoms with Crippen molar-refractivity contribution >= 4 is 58.4 Å². The minimum atomic E-state index is -2.04. The molecule has 0 radical (unpaired) electrons. The lowest BCUT2D eigenvalue weighted by atomic mass is 9.98. The monoisotopic (exact) mass is 1280 g/mol. The largest absolute Gasteiger partial charge is 0.504 e. The molecule has 1 unspecified atom stereocenters. The third kappa shape index (κ3) is 16.6. The number of β-amino-alcohol motifs (C(OH)–C–C–N with tert-alkyl or cyclic N) is 1. The van der Waals surface area contributed by atoms with Gasteiger partial charge in [-0.05, 0) is 92.7 Å². The normalized spacial score (nSPS) is 27.2. The van der Waals surface area contributed by atoms with Crippen molar-refractivity contribution < 1.29 is 74.0 Å². The van der Waals surface area contributed by atoms with E-state index in [1.807, 2.05) is 12.1 Å². The molecule has 7 amide bonds. The van der Waals surface area contributed by atoms with E-state index in [0.29, 0.717) is 15.6 Å². The number of phenolic OH excluding ortho intramolecular Hbond substituents is 1. The highest BCUT2D eigenvalue weighted by molar-refractivity contribution is 7.17. The number of fused-ring (bicyclic) bond motifs is 2. The van der Waals surface area contributed by atoms with E-state index in [2.05, 4.69) is 58.7 Å². The zero-order chi connectivity index (χ0) is 65.2. The molecule has 3 aromatic carbocycles. The maximum absolute atomic E-state index is 14.7. The van der Waals surface area contributed by atoms with Gasteiger partial charge in [-0.3, -0.25) is 38.5 Å². The Bertz CT molecular complexity index is 3180. The van der Waals surface area contributed by atoms with Gasteiger partial charge in [-0.1, -0.05) is 49.3 Å². The molecule has 5 aliphatic rings. The Morgan fingerprint density at radius 2 is 1.37 bits per heavy atom. The summed E-state index contributed by atoms with van der Waals surface area (Å²) < 4.78 is 5.52. The number of rotatable bonds is 17. The Balaban J connectivity index is 0.953. The van der Waals surface area contributed by atoms with Crippen LogP contribution in [0.5, 0.6) is 11.5 Å². The average molecular weight is 1280 g/mol. The molecule has 5 heterocycles. The lowest BCUT2D eigenvalue weighted by molar-refractivity contribution is -0.147. The van der Waals surface area contributed by atoms with Crippen molar-refractivity contribution in [1.29, 1.82) is 0 Å². The zero-order valence-electron chi connectivity index (χ0n) is 51.0. The molecule has 1 aliphatic carbocycles. The van der Waals surface area contributed by atoms with Gasteiger partial charge in [0.05, 0.1) is 36.6 Å². The Labute approximate surface area is 530 Å². The number of piperazine rings is 1. The first-order valence-corrected chi connectivity index (χ1v) is 32.0. The van der Waals surface area contributed by atoms with E-state index in [1.54, 1.807) is 12.1 Å². The number of aliphatic hydroxyl groups is 6. The summed E-state index contributed by atoms with van der Waals surface area (Å²) in [6.45, 7) is 6.27. The van der Waals surface area contributed by atoms with Gasteiger partial charge in [-0.25, -0.2) is 0 Å². The van der Waals surface area contributed by atoms with Crippen molar-refractivity contribution in [3.8, 4) is 32.6 Å². The number of hydrogen-bond donors (Lipinski definition) is 14. The number of hydrogen-bond acceptors (Lipinski definition) is 22. The lowest BCUT2D eigenvalue weighted by Gasteiger charge is -2.37. The van der Waals surface area contributed by atoms with Gasteiger partial charge < -0.3 is 93.2 Å². The summed E-state index contributed by atoms with van der Waals surface area (Å²) in [4.78, 5) is 108. The number of aromatic nitrogens is 2. The Kier molecular flexibility index (Phi) is 23.0. The van der Waals surface area contributed by atoms with Crippen molar-refractivity contribution in [2.75, 3.05) is 77.0 Å². The standard InChI is InChI=1S/C62H85N13O15S/c1-33-30-75-52(53(33)82)58(87)65-29-41(77)27-43(66-54(83)37-8-10-38(11-9-37)59-70-71-60(91-59)39-12-14-40(15-13-39)73-22-20-72(21-23-73)31-35-5-3-4-6-35)55(84)67-49(34(2)76)61(88)74-32-42(78)28-44(74)56(85)68-50(57(86)69-51(62(75)89)46(80)17-18-63)47(81)25-36-7-16-45(79)48(26-36)90-24-19-64/h7-16,26,33-35,41-44,46-47,49-53,76-82H,3-6,17-25,27-32,63-64H2,1-2H3,(H,65,87)(H,66,83)(H,67,84)(H,68,85)(H,69,86)/t33-,34+,41+,42+,43?,44-,46+,47+,49-,50-,51-,52-,53-/m0/s1. The van der Waals surface area contributed by atoms with E-state index >= 15 is 0 Å². The number of amides is 7. The summed E-state index contributed by atoms with van der Waals surface area (Å²) in [5, 5.41) is 102. The summed E-state index contributed by atoms with van der Waals surface area (Å²) in [6, 6.07) is 7.57. The molecule has 29 heteroatoms. The number of anilines is 1. The third-order valence-electron chi connectivity index (χ3n) is 17.7. The second-order valence-electron chi connectivity index (χ2n) is 24.5. The summed E-state index contributed by atoms with van der Waals surface area (Å²) >= 11 is 1.35. The molecule has 91 heavy (non-hydrogen) atoms. The molecule has 4 saturated heterocycles. The number of nitrogens with zero attached hydrogens (tertiary/aromatic N) is 6. The van der Waals surface area contributed by atoms with Crippen LogP contribution in [0.25, 0.3) is 21.1 Å². The van der Waals surface area contributed by atoms with E-state index in [0.717, 1.165) is 60.1 Å². The SMILES string of the molecule is C[C@@H](O)[C@@H]1NC(=O)C(NC(=O)c2ccc(-c3nnc(-c4ccc(N5CCN(CC6CCCC6)CC5)cc4)s3)cc2)C[C@@H](O)CNC(=O)[C@@H]2[C@@H](O)[C@@H](C)CN2C(=O)[C@H]([C@H](O)CCN)NC(=O)[C@H]([C@H](O)Cc2ccc(O)c(OCCN)c2)NC(=O)[C@@H]2C[C@@H](O)CN2C1=O. The van der Waals surface area contributed by atoms with Crippen LogP contribution in [0.15, 0.2) is 66.7 Å². The maximum atomic E-state index is 14.7. The predicted molar refractivity (Wildman–Crippen MR) is 333 cm³/mol. The van der Waals surface area contributed by atoms with E-state index in [9.17, 15) is 69.3 Å². The van der Waals surface area contributed by atoms with Crippen LogP contribution in [0, 0.1) is 11.8 Å². The molecular weight excluding hydrogens is 1200 g/mol. The molecule has 13 atom stereocenters. The fourth-order valence-electron chi connectivity index (χ4n) is 12.6. The topological polar surface area (TPSA) is 421 Å². The molecule has 0 bridgehead atoms. The molecule has 4 aromatic rings. The van der Waals surface area contributed by atoms with Crippen LogP contribution in [-0.4, -0.2) is 247 Å². The average Bonchev–Trinajstić information content (AvgIpc) is 2.18. The molecule has 494 valence electrons. The second-order valence-corrected chi connectivity index (χ2v) is 25.5. The summed E-state index contributed by atoms with van der Waals surface area (Å²) in [5.74, 6) is -7.78. The molecule has 5 fully saturated rings. The van der Waals surface area contributed by atoms with Gasteiger partial charge in [0.2, 0.25) is 35.4 Å². The van der Waals surface area contributed by atoms with Crippen molar-refractivity contribution in [3.05, 3.63) is 77.9 Å². The number of phenols is 1. The minimum absolute atomic E-state index is 0.00286. The fraction of sp³-hybridized carbons (Fsp3) is 0.565. The molecule has 28 nitrogen and oxygen atoms in total. The van der Waals surface area contributed by atoms with Crippen LogP contribution in [-0.2, 0) is 35.2 Å². The van der Waals surface area contributed by atoms with Crippen LogP contribution in [0.2, 0.25) is 0 Å². The van der Waals surface area contributed by atoms with Gasteiger partial charge in [0, 0.05) is 106 Å². The highest BCUT2D eigenvalue weighted by Crippen LogP contribution is 2.34. The van der Waals surface area contributed by atoms with E-state index in [-0.39, 0.29) is 55.3 Å². The van der Waals surface area contributed by atoms with Gasteiger partial charge in [-0.2, -0.15) is 0 Å². The van der Waals surface area contributed by atoms with Crippen molar-refractivity contribution in [1.82, 2.24) is 51.5 Å². The Morgan fingerprint density at radius 3 is 2.02 bits per heavy atom. The smallest absolute Gasteiger partial charge is 0.251 e.